The fraction of sp³-hybridized carbons (Fsp3) is 0.188. The molecule has 18 heavy (non-hydrogen) atoms. The largest absolute Gasteiger partial charge is 0.462 e. The van der Waals surface area contributed by atoms with Crippen molar-refractivity contribution in [2.75, 3.05) is 0 Å². The van der Waals surface area contributed by atoms with Crippen LogP contribution in [-0.4, -0.2) is 10.1 Å². The van der Waals surface area contributed by atoms with Crippen LogP contribution in [0.4, 0.5) is 0 Å². The second kappa shape index (κ2) is 5.88. The van der Waals surface area contributed by atoms with Gasteiger partial charge in [-0.3, -0.25) is 4.98 Å². The number of aliphatic hydroxyl groups is 1. The average molecular weight is 237 g/mol. The van der Waals surface area contributed by atoms with Gasteiger partial charge < -0.3 is 5.11 Å². The minimum atomic E-state index is 0.890. The van der Waals surface area contributed by atoms with Gasteiger partial charge in [0.05, 0.1) is 0 Å². The van der Waals surface area contributed by atoms with Crippen molar-refractivity contribution in [3.05, 3.63) is 65.0 Å². The van der Waals surface area contributed by atoms with Gasteiger partial charge in [0.15, 0.2) is 0 Å². The molecule has 1 heterocycles. The van der Waals surface area contributed by atoms with Crippen molar-refractivity contribution in [2.24, 2.45) is 0 Å². The molecular weight excluding hydrogens is 222 g/mol. The first-order valence-electron chi connectivity index (χ1n) is 5.94. The second-order valence-electron chi connectivity index (χ2n) is 4.19. The minimum absolute atomic E-state index is 0.890. The van der Waals surface area contributed by atoms with Crippen molar-refractivity contribution in [3.63, 3.8) is 0 Å². The normalized spacial score (nSPS) is 9.61. The first-order valence-corrected chi connectivity index (χ1v) is 5.94. The Morgan fingerprint density at radius 2 is 2.06 bits per heavy atom. The van der Waals surface area contributed by atoms with E-state index in [9.17, 15) is 0 Å². The molecule has 0 saturated carbocycles. The molecule has 0 radical (unpaired) electrons. The van der Waals surface area contributed by atoms with E-state index in [1.165, 1.54) is 11.1 Å². The van der Waals surface area contributed by atoms with Crippen molar-refractivity contribution >= 4 is 0 Å². The third kappa shape index (κ3) is 2.89. The van der Waals surface area contributed by atoms with Crippen LogP contribution in [0.5, 0.6) is 0 Å². The molecule has 0 aliphatic carbocycles. The summed E-state index contributed by atoms with van der Waals surface area (Å²) in [5, 5.41) is 8.67. The third-order valence-electron chi connectivity index (χ3n) is 3.04. The summed E-state index contributed by atoms with van der Waals surface area (Å²) in [6.07, 6.45) is 7.57. The van der Waals surface area contributed by atoms with E-state index in [1.54, 1.807) is 6.20 Å². The van der Waals surface area contributed by atoms with Gasteiger partial charge in [-0.25, -0.2) is 0 Å². The van der Waals surface area contributed by atoms with Crippen molar-refractivity contribution in [3.8, 4) is 12.0 Å². The lowest BCUT2D eigenvalue weighted by Crippen LogP contribution is -1.96. The molecule has 0 saturated heterocycles. The van der Waals surface area contributed by atoms with Crippen molar-refractivity contribution < 1.29 is 5.11 Å². The van der Waals surface area contributed by atoms with E-state index in [0.29, 0.717) is 0 Å². The fourth-order valence-electron chi connectivity index (χ4n) is 1.97. The van der Waals surface area contributed by atoms with Crippen LogP contribution < -0.4 is 0 Å². The first kappa shape index (κ1) is 12.2. The number of aryl methyl sites for hydroxylation is 2. The molecule has 1 aromatic carbocycles. The summed E-state index contributed by atoms with van der Waals surface area (Å²) in [6.45, 7) is 2.04. The molecule has 2 heteroatoms. The van der Waals surface area contributed by atoms with Gasteiger partial charge in [-0.2, -0.15) is 0 Å². The minimum Gasteiger partial charge on any atom is -0.462 e. The summed E-state index contributed by atoms with van der Waals surface area (Å²) in [5.41, 5.74) is 4.53. The van der Waals surface area contributed by atoms with Gasteiger partial charge in [-0.1, -0.05) is 18.2 Å². The molecule has 90 valence electrons. The summed E-state index contributed by atoms with van der Waals surface area (Å²) in [5.74, 6) is 2.71. The average Bonchev–Trinajstić information content (AvgIpc) is 2.41. The number of aromatic nitrogens is 1. The van der Waals surface area contributed by atoms with Crippen LogP contribution in [0.3, 0.4) is 0 Å². The Bertz CT molecular complexity index is 579. The molecule has 2 rings (SSSR count). The SMILES string of the molecule is Cc1c(C#CO)cccc1CCc1cccnc1. The van der Waals surface area contributed by atoms with Crippen LogP contribution >= 0.6 is 0 Å². The quantitative estimate of drug-likeness (QED) is 0.833. The van der Waals surface area contributed by atoms with Crippen molar-refractivity contribution in [1.82, 2.24) is 4.98 Å². The van der Waals surface area contributed by atoms with Gasteiger partial charge in [0.25, 0.3) is 0 Å². The molecule has 0 atom stereocenters. The molecule has 0 aliphatic heterocycles. The zero-order chi connectivity index (χ0) is 12.8. The summed E-state index contributed by atoms with van der Waals surface area (Å²) in [4.78, 5) is 4.11. The Kier molecular flexibility index (Phi) is 3.98. The highest BCUT2D eigenvalue weighted by molar-refractivity contribution is 5.44. The Balaban J connectivity index is 2.14. The van der Waals surface area contributed by atoms with Crippen LogP contribution in [0.15, 0.2) is 42.7 Å². The molecular formula is C16H15NO. The number of nitrogens with zero attached hydrogens (tertiary/aromatic N) is 1. The van der Waals surface area contributed by atoms with Gasteiger partial charge in [0.1, 0.15) is 6.11 Å². The highest BCUT2D eigenvalue weighted by atomic mass is 16.2. The van der Waals surface area contributed by atoms with E-state index in [1.807, 2.05) is 37.4 Å². The van der Waals surface area contributed by atoms with E-state index >= 15 is 0 Å². The lowest BCUT2D eigenvalue weighted by Gasteiger charge is -2.07. The Morgan fingerprint density at radius 1 is 1.17 bits per heavy atom. The zero-order valence-electron chi connectivity index (χ0n) is 10.4. The van der Waals surface area contributed by atoms with E-state index in [0.717, 1.165) is 24.0 Å². The smallest absolute Gasteiger partial charge is 0.113 e. The number of rotatable bonds is 3. The monoisotopic (exact) mass is 237 g/mol. The number of hydrogen-bond donors (Lipinski definition) is 1. The van der Waals surface area contributed by atoms with Crippen molar-refractivity contribution in [2.45, 2.75) is 19.8 Å². The number of benzene rings is 1. The second-order valence-corrected chi connectivity index (χ2v) is 4.19. The molecule has 2 nitrogen and oxygen atoms in total. The Morgan fingerprint density at radius 3 is 2.78 bits per heavy atom. The molecule has 0 spiro atoms. The lowest BCUT2D eigenvalue weighted by atomic mass is 9.97. The summed E-state index contributed by atoms with van der Waals surface area (Å²) < 4.78 is 0. The molecule has 0 unspecified atom stereocenters. The maximum Gasteiger partial charge on any atom is 0.113 e. The van der Waals surface area contributed by atoms with Crippen LogP contribution in [0.2, 0.25) is 0 Å². The van der Waals surface area contributed by atoms with Crippen LogP contribution in [0.1, 0.15) is 22.3 Å². The van der Waals surface area contributed by atoms with Crippen LogP contribution in [-0.2, 0) is 12.8 Å². The standard InChI is InChI=1S/C16H15NO/c1-13-15(5-2-6-16(13)9-11-18)8-7-14-4-3-10-17-12-14/h2-6,10,12,18H,7-8H2,1H3. The van der Waals surface area contributed by atoms with Crippen LogP contribution in [0.25, 0.3) is 0 Å². The number of pyridine rings is 1. The van der Waals surface area contributed by atoms with E-state index in [-0.39, 0.29) is 0 Å². The molecule has 2 aromatic rings. The van der Waals surface area contributed by atoms with Gasteiger partial charge in [0.2, 0.25) is 0 Å². The van der Waals surface area contributed by atoms with Gasteiger partial charge in [-0.15, -0.1) is 0 Å². The van der Waals surface area contributed by atoms with Crippen LogP contribution in [0, 0.1) is 19.0 Å². The molecule has 0 bridgehead atoms. The predicted octanol–water partition coefficient (Wildman–Crippen LogP) is 2.86. The highest BCUT2D eigenvalue weighted by Crippen LogP contribution is 2.15. The Hall–Kier alpha value is -2.27. The first-order chi connectivity index (χ1) is 8.81. The number of aliphatic hydroxyl groups excluding tert-OH is 1. The molecule has 0 amide bonds. The highest BCUT2D eigenvalue weighted by Gasteiger charge is 2.03. The fourth-order valence-corrected chi connectivity index (χ4v) is 1.97. The van der Waals surface area contributed by atoms with Crippen molar-refractivity contribution in [1.29, 1.82) is 0 Å². The lowest BCUT2D eigenvalue weighted by molar-refractivity contribution is 0.517. The maximum absolute atomic E-state index is 8.67. The molecule has 1 N–H and O–H groups in total. The van der Waals surface area contributed by atoms with Gasteiger partial charge in [0, 0.05) is 18.0 Å². The predicted molar refractivity (Wildman–Crippen MR) is 71.6 cm³/mol. The van der Waals surface area contributed by atoms with E-state index in [2.05, 4.69) is 23.0 Å². The third-order valence-corrected chi connectivity index (χ3v) is 3.04. The number of hydrogen-bond acceptors (Lipinski definition) is 2. The van der Waals surface area contributed by atoms with E-state index < -0.39 is 0 Å². The van der Waals surface area contributed by atoms with Gasteiger partial charge >= 0.3 is 0 Å². The Labute approximate surface area is 107 Å². The zero-order valence-corrected chi connectivity index (χ0v) is 10.4. The maximum atomic E-state index is 8.67. The molecule has 0 fully saturated rings. The molecule has 1 aromatic heterocycles. The molecule has 0 aliphatic rings. The summed E-state index contributed by atoms with van der Waals surface area (Å²) in [7, 11) is 0. The van der Waals surface area contributed by atoms with E-state index in [4.69, 9.17) is 5.11 Å². The summed E-state index contributed by atoms with van der Waals surface area (Å²) >= 11 is 0. The van der Waals surface area contributed by atoms with Gasteiger partial charge in [-0.05, 0) is 54.5 Å². The summed E-state index contributed by atoms with van der Waals surface area (Å²) in [6, 6.07) is 10.0. The topological polar surface area (TPSA) is 33.1 Å².